The third-order valence-electron chi connectivity index (χ3n) is 3.25. The predicted octanol–water partition coefficient (Wildman–Crippen LogP) is 1.91. The minimum absolute atomic E-state index is 0.201. The second-order valence-electron chi connectivity index (χ2n) is 4.61. The molecule has 1 aliphatic rings. The number of hydrogen-bond donors (Lipinski definition) is 1. The van der Waals surface area contributed by atoms with Crippen LogP contribution in [0.2, 0.25) is 5.02 Å². The van der Waals surface area contributed by atoms with Crippen molar-refractivity contribution in [3.63, 3.8) is 0 Å². The van der Waals surface area contributed by atoms with E-state index < -0.39 is 0 Å². The molecule has 0 spiro atoms. The van der Waals surface area contributed by atoms with E-state index in [-0.39, 0.29) is 10.6 Å². The first-order valence-electron chi connectivity index (χ1n) is 5.57. The molecule has 1 aromatic rings. The molecule has 5 heteroatoms. The normalized spacial score (nSPS) is 20.8. The van der Waals surface area contributed by atoms with Crippen molar-refractivity contribution in [1.29, 1.82) is 0 Å². The van der Waals surface area contributed by atoms with Crippen LogP contribution in [0.3, 0.4) is 0 Å². The second-order valence-corrected chi connectivity index (χ2v) is 4.99. The molecule has 0 radical (unpaired) electrons. The lowest BCUT2D eigenvalue weighted by Gasteiger charge is -2.19. The van der Waals surface area contributed by atoms with E-state index in [1.54, 1.807) is 0 Å². The zero-order valence-electron chi connectivity index (χ0n) is 9.53. The molecule has 4 nitrogen and oxygen atoms in total. The van der Waals surface area contributed by atoms with Gasteiger partial charge in [-0.15, -0.1) is 0 Å². The van der Waals surface area contributed by atoms with Crippen LogP contribution in [0, 0.1) is 11.8 Å². The zero-order valence-corrected chi connectivity index (χ0v) is 10.3. The number of aromatic amines is 1. The van der Waals surface area contributed by atoms with Crippen molar-refractivity contribution in [2.24, 2.45) is 11.8 Å². The fourth-order valence-corrected chi connectivity index (χ4v) is 2.34. The SMILES string of the molecule is CC(C)C1CCN(c2nc[nH]c(=O)c2Cl)C1. The van der Waals surface area contributed by atoms with Crippen molar-refractivity contribution >= 4 is 17.4 Å². The summed E-state index contributed by atoms with van der Waals surface area (Å²) in [6.45, 7) is 6.31. The first-order valence-corrected chi connectivity index (χ1v) is 5.95. The van der Waals surface area contributed by atoms with Gasteiger partial charge in [-0.3, -0.25) is 4.79 Å². The molecule has 1 N–H and O–H groups in total. The van der Waals surface area contributed by atoms with Gasteiger partial charge in [0.05, 0.1) is 6.33 Å². The summed E-state index contributed by atoms with van der Waals surface area (Å²) in [7, 11) is 0. The zero-order chi connectivity index (χ0) is 11.7. The van der Waals surface area contributed by atoms with E-state index >= 15 is 0 Å². The van der Waals surface area contributed by atoms with Crippen LogP contribution in [0.1, 0.15) is 20.3 Å². The van der Waals surface area contributed by atoms with Crippen molar-refractivity contribution in [2.45, 2.75) is 20.3 Å². The van der Waals surface area contributed by atoms with Gasteiger partial charge in [-0.1, -0.05) is 25.4 Å². The maximum absolute atomic E-state index is 11.4. The number of hydrogen-bond acceptors (Lipinski definition) is 3. The van der Waals surface area contributed by atoms with Crippen LogP contribution in [0.5, 0.6) is 0 Å². The quantitative estimate of drug-likeness (QED) is 0.861. The van der Waals surface area contributed by atoms with Gasteiger partial charge in [0.2, 0.25) is 0 Å². The number of anilines is 1. The highest BCUT2D eigenvalue weighted by atomic mass is 35.5. The highest BCUT2D eigenvalue weighted by molar-refractivity contribution is 6.32. The van der Waals surface area contributed by atoms with Gasteiger partial charge in [0.1, 0.15) is 5.02 Å². The summed E-state index contributed by atoms with van der Waals surface area (Å²) in [6.07, 6.45) is 2.55. The summed E-state index contributed by atoms with van der Waals surface area (Å²) in [5, 5.41) is 0.201. The summed E-state index contributed by atoms with van der Waals surface area (Å²) >= 11 is 5.95. The van der Waals surface area contributed by atoms with Crippen LogP contribution in [0.15, 0.2) is 11.1 Å². The van der Waals surface area contributed by atoms with Gasteiger partial charge in [0, 0.05) is 13.1 Å². The smallest absolute Gasteiger partial charge is 0.271 e. The molecule has 88 valence electrons. The van der Waals surface area contributed by atoms with E-state index in [9.17, 15) is 4.79 Å². The summed E-state index contributed by atoms with van der Waals surface area (Å²) in [5.41, 5.74) is -0.264. The summed E-state index contributed by atoms with van der Waals surface area (Å²) < 4.78 is 0. The Hall–Kier alpha value is -1.03. The molecule has 0 saturated carbocycles. The first-order chi connectivity index (χ1) is 7.59. The van der Waals surface area contributed by atoms with Crippen LogP contribution in [0.25, 0.3) is 0 Å². The predicted molar refractivity (Wildman–Crippen MR) is 65.0 cm³/mol. The minimum Gasteiger partial charge on any atom is -0.355 e. The molecular weight excluding hydrogens is 226 g/mol. The molecule has 0 amide bonds. The Morgan fingerprint density at radius 3 is 3.00 bits per heavy atom. The molecule has 1 aromatic heterocycles. The maximum Gasteiger partial charge on any atom is 0.271 e. The number of aromatic nitrogens is 2. The highest BCUT2D eigenvalue weighted by Crippen LogP contribution is 2.29. The fraction of sp³-hybridized carbons (Fsp3) is 0.636. The molecule has 1 fully saturated rings. The van der Waals surface area contributed by atoms with E-state index in [1.807, 2.05) is 0 Å². The van der Waals surface area contributed by atoms with Crippen molar-refractivity contribution < 1.29 is 0 Å². The lowest BCUT2D eigenvalue weighted by atomic mass is 9.95. The number of nitrogens with zero attached hydrogens (tertiary/aromatic N) is 2. The van der Waals surface area contributed by atoms with Crippen molar-refractivity contribution in [3.05, 3.63) is 21.7 Å². The Bertz CT molecular complexity index is 429. The van der Waals surface area contributed by atoms with Crippen LogP contribution >= 0.6 is 11.6 Å². The molecule has 0 aromatic carbocycles. The summed E-state index contributed by atoms with van der Waals surface area (Å²) in [6, 6.07) is 0. The van der Waals surface area contributed by atoms with Crippen LogP contribution < -0.4 is 10.5 Å². The van der Waals surface area contributed by atoms with Gasteiger partial charge in [-0.2, -0.15) is 0 Å². The van der Waals surface area contributed by atoms with Gasteiger partial charge in [0.25, 0.3) is 5.56 Å². The van der Waals surface area contributed by atoms with Gasteiger partial charge >= 0.3 is 0 Å². The lowest BCUT2D eigenvalue weighted by Crippen LogP contribution is -2.25. The third-order valence-corrected chi connectivity index (χ3v) is 3.59. The average molecular weight is 242 g/mol. The highest BCUT2D eigenvalue weighted by Gasteiger charge is 2.27. The van der Waals surface area contributed by atoms with Gasteiger partial charge < -0.3 is 9.88 Å². The third kappa shape index (κ3) is 2.07. The van der Waals surface area contributed by atoms with Crippen molar-refractivity contribution in [3.8, 4) is 0 Å². The molecule has 0 aliphatic carbocycles. The minimum atomic E-state index is -0.264. The Balaban J connectivity index is 2.21. The van der Waals surface area contributed by atoms with Crippen molar-refractivity contribution in [1.82, 2.24) is 9.97 Å². The topological polar surface area (TPSA) is 49.0 Å². The molecule has 2 rings (SSSR count). The maximum atomic E-state index is 11.4. The average Bonchev–Trinajstić information content (AvgIpc) is 2.71. The molecule has 2 heterocycles. The Labute approximate surface area is 99.6 Å². The largest absolute Gasteiger partial charge is 0.355 e. The molecule has 1 saturated heterocycles. The molecular formula is C11H16ClN3O. The van der Waals surface area contributed by atoms with Crippen LogP contribution in [0.4, 0.5) is 5.82 Å². The van der Waals surface area contributed by atoms with E-state index in [0.29, 0.717) is 17.7 Å². The number of halogens is 1. The number of H-pyrrole nitrogens is 1. The number of rotatable bonds is 2. The van der Waals surface area contributed by atoms with E-state index in [2.05, 4.69) is 28.7 Å². The van der Waals surface area contributed by atoms with Crippen LogP contribution in [-0.2, 0) is 0 Å². The standard InChI is InChI=1S/C11H16ClN3O/c1-7(2)8-3-4-15(5-8)10-9(12)11(16)14-6-13-10/h6-8H,3-5H2,1-2H3,(H,13,14,16). The Morgan fingerprint density at radius 1 is 1.62 bits per heavy atom. The summed E-state index contributed by atoms with van der Waals surface area (Å²) in [5.74, 6) is 1.94. The van der Waals surface area contributed by atoms with E-state index in [4.69, 9.17) is 11.6 Å². The number of nitrogens with one attached hydrogen (secondary N) is 1. The van der Waals surface area contributed by atoms with E-state index in [1.165, 1.54) is 6.33 Å². The monoisotopic (exact) mass is 241 g/mol. The van der Waals surface area contributed by atoms with Gasteiger partial charge in [0.15, 0.2) is 5.82 Å². The first kappa shape index (κ1) is 11.5. The summed E-state index contributed by atoms with van der Waals surface area (Å²) in [4.78, 5) is 20.1. The Kier molecular flexibility index (Phi) is 3.19. The fourth-order valence-electron chi connectivity index (χ4n) is 2.12. The van der Waals surface area contributed by atoms with E-state index in [0.717, 1.165) is 19.5 Å². The molecule has 1 aliphatic heterocycles. The second kappa shape index (κ2) is 4.45. The molecule has 1 atom stereocenters. The molecule has 16 heavy (non-hydrogen) atoms. The molecule has 1 unspecified atom stereocenters. The van der Waals surface area contributed by atoms with Gasteiger partial charge in [-0.25, -0.2) is 4.98 Å². The van der Waals surface area contributed by atoms with Crippen molar-refractivity contribution in [2.75, 3.05) is 18.0 Å². The van der Waals surface area contributed by atoms with Crippen LogP contribution in [-0.4, -0.2) is 23.1 Å². The van der Waals surface area contributed by atoms with Gasteiger partial charge in [-0.05, 0) is 18.3 Å². The molecule has 0 bridgehead atoms. The lowest BCUT2D eigenvalue weighted by molar-refractivity contribution is 0.422. The Morgan fingerprint density at radius 2 is 2.38 bits per heavy atom.